The van der Waals surface area contributed by atoms with Crippen LogP contribution in [0.15, 0.2) is 23.1 Å². The lowest BCUT2D eigenvalue weighted by atomic mass is 9.93. The van der Waals surface area contributed by atoms with Gasteiger partial charge >= 0.3 is 12.1 Å². The van der Waals surface area contributed by atoms with Gasteiger partial charge in [-0.15, -0.1) is 12.4 Å². The molecular formula is C16H22ClF3N2O4S. The van der Waals surface area contributed by atoms with E-state index in [4.69, 9.17) is 5.73 Å². The van der Waals surface area contributed by atoms with Crippen LogP contribution in [0, 0.1) is 5.92 Å². The van der Waals surface area contributed by atoms with Crippen LogP contribution in [0.25, 0.3) is 0 Å². The smallest absolute Gasteiger partial charge is 0.417 e. The number of nitrogens with zero attached hydrogens (tertiary/aromatic N) is 1. The third-order valence-electron chi connectivity index (χ3n) is 4.50. The standard InChI is InChI=1S/C16H21F3N2O4S.ClH/c1-10(20)11-4-3-7-21(9-11)26(23,24)12-5-6-13(15(22)25-2)14(8-12)16(17,18)19;/h5-6,8,10-11H,3-4,7,9,20H2,1-2H3;1H. The van der Waals surface area contributed by atoms with E-state index in [0.29, 0.717) is 12.5 Å². The Bertz CT molecular complexity index is 784. The number of esters is 1. The average Bonchev–Trinajstić information content (AvgIpc) is 2.59. The summed E-state index contributed by atoms with van der Waals surface area (Å²) < 4.78 is 70.9. The number of rotatable bonds is 4. The van der Waals surface area contributed by atoms with Crippen molar-refractivity contribution < 1.29 is 31.1 Å². The average molecular weight is 431 g/mol. The van der Waals surface area contributed by atoms with Gasteiger partial charge < -0.3 is 10.5 Å². The molecule has 11 heteroatoms. The summed E-state index contributed by atoms with van der Waals surface area (Å²) in [6.45, 7) is 2.14. The van der Waals surface area contributed by atoms with E-state index in [1.807, 2.05) is 0 Å². The van der Waals surface area contributed by atoms with E-state index in [1.54, 1.807) is 6.92 Å². The minimum Gasteiger partial charge on any atom is -0.465 e. The molecule has 0 radical (unpaired) electrons. The minimum atomic E-state index is -4.90. The second-order valence-corrected chi connectivity index (χ2v) is 8.26. The van der Waals surface area contributed by atoms with Gasteiger partial charge in [-0.2, -0.15) is 17.5 Å². The summed E-state index contributed by atoms with van der Waals surface area (Å²) in [6.07, 6.45) is -3.55. The quantitative estimate of drug-likeness (QED) is 0.742. The zero-order valence-corrected chi connectivity index (χ0v) is 16.5. The topological polar surface area (TPSA) is 89.7 Å². The summed E-state index contributed by atoms with van der Waals surface area (Å²) in [6, 6.07) is 2.08. The van der Waals surface area contributed by atoms with Gasteiger partial charge in [0, 0.05) is 19.1 Å². The summed E-state index contributed by atoms with van der Waals surface area (Å²) >= 11 is 0. The molecule has 2 atom stereocenters. The van der Waals surface area contributed by atoms with E-state index in [9.17, 15) is 26.4 Å². The third kappa shape index (κ3) is 5.13. The molecule has 2 rings (SSSR count). The highest BCUT2D eigenvalue weighted by Gasteiger charge is 2.38. The van der Waals surface area contributed by atoms with Crippen molar-refractivity contribution in [3.05, 3.63) is 29.3 Å². The molecule has 1 aromatic carbocycles. The van der Waals surface area contributed by atoms with Crippen LogP contribution in [0.5, 0.6) is 0 Å². The van der Waals surface area contributed by atoms with E-state index in [1.165, 1.54) is 0 Å². The van der Waals surface area contributed by atoms with Gasteiger partial charge in [0.05, 0.1) is 23.1 Å². The zero-order chi connectivity index (χ0) is 19.7. The van der Waals surface area contributed by atoms with Gasteiger partial charge in [-0.05, 0) is 43.9 Å². The first-order chi connectivity index (χ1) is 12.0. The van der Waals surface area contributed by atoms with Gasteiger partial charge in [-0.25, -0.2) is 13.2 Å². The number of sulfonamides is 1. The van der Waals surface area contributed by atoms with Crippen LogP contribution in [0.4, 0.5) is 13.2 Å². The normalized spacial score (nSPS) is 19.9. The van der Waals surface area contributed by atoms with Crippen LogP contribution in [0.2, 0.25) is 0 Å². The summed E-state index contributed by atoms with van der Waals surface area (Å²) in [4.78, 5) is 11.1. The molecule has 1 aliphatic heterocycles. The van der Waals surface area contributed by atoms with E-state index < -0.39 is 38.2 Å². The number of halogens is 4. The highest BCUT2D eigenvalue weighted by atomic mass is 35.5. The lowest BCUT2D eigenvalue weighted by molar-refractivity contribution is -0.138. The first kappa shape index (κ1) is 23.7. The van der Waals surface area contributed by atoms with Crippen LogP contribution in [0.3, 0.4) is 0 Å². The predicted molar refractivity (Wildman–Crippen MR) is 95.2 cm³/mol. The van der Waals surface area contributed by atoms with Crippen molar-refractivity contribution in [3.8, 4) is 0 Å². The third-order valence-corrected chi connectivity index (χ3v) is 6.36. The first-order valence-electron chi connectivity index (χ1n) is 8.03. The minimum absolute atomic E-state index is 0. The van der Waals surface area contributed by atoms with Crippen molar-refractivity contribution in [2.75, 3.05) is 20.2 Å². The summed E-state index contributed by atoms with van der Waals surface area (Å²) in [5.74, 6) is -1.24. The van der Waals surface area contributed by atoms with Crippen LogP contribution in [-0.2, 0) is 20.9 Å². The molecule has 0 aliphatic carbocycles. The molecule has 0 saturated carbocycles. The molecule has 2 unspecified atom stereocenters. The molecule has 0 bridgehead atoms. The second-order valence-electron chi connectivity index (χ2n) is 6.32. The maximum absolute atomic E-state index is 13.3. The summed E-state index contributed by atoms with van der Waals surface area (Å²) in [5, 5.41) is 0. The van der Waals surface area contributed by atoms with Crippen molar-refractivity contribution in [2.24, 2.45) is 11.7 Å². The van der Waals surface area contributed by atoms with E-state index in [2.05, 4.69) is 4.74 Å². The monoisotopic (exact) mass is 430 g/mol. The number of hydrogen-bond acceptors (Lipinski definition) is 5. The van der Waals surface area contributed by atoms with Gasteiger partial charge in [0.15, 0.2) is 0 Å². The SMILES string of the molecule is COC(=O)c1ccc(S(=O)(=O)N2CCCC(C(C)N)C2)cc1C(F)(F)F.Cl. The van der Waals surface area contributed by atoms with Gasteiger partial charge in [0.25, 0.3) is 0 Å². The molecule has 0 spiro atoms. The molecule has 1 heterocycles. The Hall–Kier alpha value is -1.36. The number of methoxy groups -OCH3 is 1. The van der Waals surface area contributed by atoms with Gasteiger partial charge in [0.1, 0.15) is 0 Å². The highest BCUT2D eigenvalue weighted by molar-refractivity contribution is 7.89. The van der Waals surface area contributed by atoms with E-state index in [0.717, 1.165) is 30.0 Å². The van der Waals surface area contributed by atoms with Crippen molar-refractivity contribution >= 4 is 28.4 Å². The molecule has 2 N–H and O–H groups in total. The van der Waals surface area contributed by atoms with Gasteiger partial charge in [0.2, 0.25) is 10.0 Å². The number of carbonyl (C=O) groups is 1. The number of hydrogen-bond donors (Lipinski definition) is 1. The fourth-order valence-electron chi connectivity index (χ4n) is 2.98. The van der Waals surface area contributed by atoms with Crippen molar-refractivity contribution in [2.45, 2.75) is 36.9 Å². The summed E-state index contributed by atoms with van der Waals surface area (Å²) in [5.41, 5.74) is 3.77. The molecule has 0 aromatic heterocycles. The largest absolute Gasteiger partial charge is 0.465 e. The Balaban J connectivity index is 0.00000364. The number of alkyl halides is 3. The maximum Gasteiger partial charge on any atom is 0.417 e. The highest BCUT2D eigenvalue weighted by Crippen LogP contribution is 2.35. The zero-order valence-electron chi connectivity index (χ0n) is 14.8. The maximum atomic E-state index is 13.3. The second kappa shape index (κ2) is 8.76. The molecule has 0 amide bonds. The molecule has 1 saturated heterocycles. The molecule has 1 aliphatic rings. The molecule has 1 fully saturated rings. The van der Waals surface area contributed by atoms with Crippen LogP contribution in [-0.4, -0.2) is 44.9 Å². The molecule has 154 valence electrons. The number of piperidine rings is 1. The van der Waals surface area contributed by atoms with Gasteiger partial charge in [-0.3, -0.25) is 0 Å². The fourth-order valence-corrected chi connectivity index (χ4v) is 4.54. The summed E-state index contributed by atoms with van der Waals surface area (Å²) in [7, 11) is -3.18. The lowest BCUT2D eigenvalue weighted by Crippen LogP contribution is -2.45. The van der Waals surface area contributed by atoms with Crippen molar-refractivity contribution in [1.82, 2.24) is 4.31 Å². The molecule has 1 aromatic rings. The number of ether oxygens (including phenoxy) is 1. The Labute approximate surface area is 162 Å². The van der Waals surface area contributed by atoms with E-state index >= 15 is 0 Å². The lowest BCUT2D eigenvalue weighted by Gasteiger charge is -2.33. The van der Waals surface area contributed by atoms with Gasteiger partial charge in [-0.1, -0.05) is 0 Å². The molecule has 6 nitrogen and oxygen atoms in total. The first-order valence-corrected chi connectivity index (χ1v) is 9.47. The van der Waals surface area contributed by atoms with Crippen LogP contribution < -0.4 is 5.73 Å². The van der Waals surface area contributed by atoms with Crippen LogP contribution in [0.1, 0.15) is 35.7 Å². The number of nitrogens with two attached hydrogens (primary N) is 1. The molecular weight excluding hydrogens is 409 g/mol. The van der Waals surface area contributed by atoms with Crippen molar-refractivity contribution in [1.29, 1.82) is 0 Å². The predicted octanol–water partition coefficient (Wildman–Crippen LogP) is 2.66. The Morgan fingerprint density at radius 2 is 2.00 bits per heavy atom. The van der Waals surface area contributed by atoms with Crippen LogP contribution >= 0.6 is 12.4 Å². The molecule has 27 heavy (non-hydrogen) atoms. The van der Waals surface area contributed by atoms with E-state index in [-0.39, 0.29) is 37.5 Å². The van der Waals surface area contributed by atoms with Crippen molar-refractivity contribution in [3.63, 3.8) is 0 Å². The number of carbonyl (C=O) groups excluding carboxylic acids is 1. The Kier molecular flexibility index (Phi) is 7.69. The fraction of sp³-hybridized carbons (Fsp3) is 0.562. The Morgan fingerprint density at radius 1 is 1.37 bits per heavy atom. The number of benzene rings is 1. The Morgan fingerprint density at radius 3 is 2.52 bits per heavy atom.